The van der Waals surface area contributed by atoms with Crippen molar-refractivity contribution in [1.82, 2.24) is 5.32 Å². The first-order valence-corrected chi connectivity index (χ1v) is 7.01. The molecule has 0 atom stereocenters. The quantitative estimate of drug-likeness (QED) is 0.892. The van der Waals surface area contributed by atoms with E-state index in [0.29, 0.717) is 29.2 Å². The molecule has 0 heterocycles. The van der Waals surface area contributed by atoms with Gasteiger partial charge in [-0.3, -0.25) is 9.59 Å². The monoisotopic (exact) mass is 298 g/mol. The normalized spacial score (nSPS) is 9.91. The van der Waals surface area contributed by atoms with Crippen LogP contribution in [0.2, 0.25) is 0 Å². The second-order valence-corrected chi connectivity index (χ2v) is 4.54. The lowest BCUT2D eigenvalue weighted by molar-refractivity contribution is 0.0964. The zero-order valence-electron chi connectivity index (χ0n) is 12.6. The Balaban J connectivity index is 2.17. The minimum Gasteiger partial charge on any atom is -0.494 e. The van der Waals surface area contributed by atoms with Gasteiger partial charge < -0.3 is 15.4 Å². The molecular formula is C17H18N2O3. The Morgan fingerprint density at radius 1 is 1.00 bits per heavy atom. The molecule has 0 bridgehead atoms. The molecular weight excluding hydrogens is 280 g/mol. The standard InChI is InChI=1S/C17H18N2O3/c1-3-22-13-10-8-12(9-11-13)16(20)19-15-7-5-4-6-14(15)17(21)18-2/h4-11H,3H2,1-2H3,(H,18,21)(H,19,20). The molecule has 2 amide bonds. The molecule has 0 aliphatic heterocycles. The Kier molecular flexibility index (Phi) is 5.14. The number of amides is 2. The number of carbonyl (C=O) groups is 2. The highest BCUT2D eigenvalue weighted by molar-refractivity contribution is 6.08. The molecule has 22 heavy (non-hydrogen) atoms. The topological polar surface area (TPSA) is 67.4 Å². The highest BCUT2D eigenvalue weighted by Gasteiger charge is 2.12. The lowest BCUT2D eigenvalue weighted by atomic mass is 10.1. The van der Waals surface area contributed by atoms with Crippen LogP contribution in [0.5, 0.6) is 5.75 Å². The maximum Gasteiger partial charge on any atom is 0.255 e. The van der Waals surface area contributed by atoms with E-state index < -0.39 is 0 Å². The van der Waals surface area contributed by atoms with Crippen LogP contribution in [0.25, 0.3) is 0 Å². The molecule has 2 aromatic rings. The van der Waals surface area contributed by atoms with Crippen molar-refractivity contribution < 1.29 is 14.3 Å². The van der Waals surface area contributed by atoms with Crippen LogP contribution < -0.4 is 15.4 Å². The van der Waals surface area contributed by atoms with Gasteiger partial charge in [0.1, 0.15) is 5.75 Å². The first-order valence-electron chi connectivity index (χ1n) is 7.01. The summed E-state index contributed by atoms with van der Waals surface area (Å²) in [4.78, 5) is 24.1. The number of benzene rings is 2. The third kappa shape index (κ3) is 3.63. The van der Waals surface area contributed by atoms with Gasteiger partial charge >= 0.3 is 0 Å². The Hall–Kier alpha value is -2.82. The van der Waals surface area contributed by atoms with Crippen LogP contribution in [-0.4, -0.2) is 25.5 Å². The molecule has 0 fully saturated rings. The van der Waals surface area contributed by atoms with Gasteiger partial charge in [0.25, 0.3) is 11.8 Å². The molecule has 0 aliphatic rings. The number of carbonyl (C=O) groups excluding carboxylic acids is 2. The first-order chi connectivity index (χ1) is 10.7. The number of para-hydroxylation sites is 1. The van der Waals surface area contributed by atoms with Crippen LogP contribution in [0.4, 0.5) is 5.69 Å². The van der Waals surface area contributed by atoms with Crippen LogP contribution in [-0.2, 0) is 0 Å². The molecule has 0 saturated heterocycles. The van der Waals surface area contributed by atoms with Crippen molar-refractivity contribution >= 4 is 17.5 Å². The number of hydrogen-bond acceptors (Lipinski definition) is 3. The average molecular weight is 298 g/mol. The first kappa shape index (κ1) is 15.6. The molecule has 5 nitrogen and oxygen atoms in total. The van der Waals surface area contributed by atoms with Gasteiger partial charge in [-0.25, -0.2) is 0 Å². The average Bonchev–Trinajstić information content (AvgIpc) is 2.55. The van der Waals surface area contributed by atoms with Crippen LogP contribution >= 0.6 is 0 Å². The van der Waals surface area contributed by atoms with Gasteiger partial charge in [-0.1, -0.05) is 12.1 Å². The van der Waals surface area contributed by atoms with E-state index in [9.17, 15) is 9.59 Å². The summed E-state index contributed by atoms with van der Waals surface area (Å²) in [5, 5.41) is 5.30. The Morgan fingerprint density at radius 3 is 2.32 bits per heavy atom. The van der Waals surface area contributed by atoms with Crippen molar-refractivity contribution in [1.29, 1.82) is 0 Å². The highest BCUT2D eigenvalue weighted by atomic mass is 16.5. The van der Waals surface area contributed by atoms with Gasteiger partial charge in [0.05, 0.1) is 17.9 Å². The highest BCUT2D eigenvalue weighted by Crippen LogP contribution is 2.17. The number of anilines is 1. The van der Waals surface area contributed by atoms with Crippen LogP contribution in [0.3, 0.4) is 0 Å². The van der Waals surface area contributed by atoms with Crippen molar-refractivity contribution in [2.24, 2.45) is 0 Å². The molecule has 2 rings (SSSR count). The van der Waals surface area contributed by atoms with E-state index in [4.69, 9.17) is 4.74 Å². The Morgan fingerprint density at radius 2 is 1.68 bits per heavy atom. The zero-order chi connectivity index (χ0) is 15.9. The fourth-order valence-corrected chi connectivity index (χ4v) is 1.99. The summed E-state index contributed by atoms with van der Waals surface area (Å²) in [5.41, 5.74) is 1.39. The van der Waals surface area contributed by atoms with Gasteiger partial charge in [-0.2, -0.15) is 0 Å². The smallest absolute Gasteiger partial charge is 0.255 e. The largest absolute Gasteiger partial charge is 0.494 e. The summed E-state index contributed by atoms with van der Waals surface area (Å²) in [6, 6.07) is 13.7. The number of rotatable bonds is 5. The molecule has 5 heteroatoms. The molecule has 114 valence electrons. The molecule has 0 aromatic heterocycles. The zero-order valence-corrected chi connectivity index (χ0v) is 12.6. The minimum absolute atomic E-state index is 0.248. The van der Waals surface area contributed by atoms with E-state index >= 15 is 0 Å². The summed E-state index contributed by atoms with van der Waals surface area (Å²) in [6.45, 7) is 2.47. The summed E-state index contributed by atoms with van der Waals surface area (Å²) < 4.78 is 5.34. The van der Waals surface area contributed by atoms with Crippen molar-refractivity contribution in [3.63, 3.8) is 0 Å². The molecule has 2 N–H and O–H groups in total. The van der Waals surface area contributed by atoms with Crippen LogP contribution in [0, 0.1) is 0 Å². The molecule has 0 aliphatic carbocycles. The lowest BCUT2D eigenvalue weighted by Crippen LogP contribution is -2.21. The van der Waals surface area contributed by atoms with Gasteiger partial charge in [0.15, 0.2) is 0 Å². The van der Waals surface area contributed by atoms with E-state index in [-0.39, 0.29) is 11.8 Å². The fourth-order valence-electron chi connectivity index (χ4n) is 1.99. The molecule has 2 aromatic carbocycles. The molecule has 0 radical (unpaired) electrons. The SMILES string of the molecule is CCOc1ccc(C(=O)Nc2ccccc2C(=O)NC)cc1. The van der Waals surface area contributed by atoms with Crippen molar-refractivity contribution in [3.05, 3.63) is 59.7 Å². The number of hydrogen-bond donors (Lipinski definition) is 2. The second-order valence-electron chi connectivity index (χ2n) is 4.54. The Labute approximate surface area is 129 Å². The summed E-state index contributed by atoms with van der Waals surface area (Å²) >= 11 is 0. The van der Waals surface area contributed by atoms with Crippen molar-refractivity contribution in [2.75, 3.05) is 19.0 Å². The van der Waals surface area contributed by atoms with E-state index in [0.717, 1.165) is 0 Å². The van der Waals surface area contributed by atoms with E-state index in [2.05, 4.69) is 10.6 Å². The summed E-state index contributed by atoms with van der Waals surface area (Å²) in [6.07, 6.45) is 0. The van der Waals surface area contributed by atoms with Crippen molar-refractivity contribution in [2.45, 2.75) is 6.92 Å². The van der Waals surface area contributed by atoms with E-state index in [1.54, 1.807) is 55.6 Å². The van der Waals surface area contributed by atoms with Crippen LogP contribution in [0.15, 0.2) is 48.5 Å². The van der Waals surface area contributed by atoms with Gasteiger partial charge in [0, 0.05) is 12.6 Å². The minimum atomic E-state index is -0.278. The molecule has 0 unspecified atom stereocenters. The lowest BCUT2D eigenvalue weighted by Gasteiger charge is -2.10. The van der Waals surface area contributed by atoms with Gasteiger partial charge in [-0.15, -0.1) is 0 Å². The summed E-state index contributed by atoms with van der Waals surface area (Å²) in [5.74, 6) is 0.187. The predicted molar refractivity (Wildman–Crippen MR) is 85.4 cm³/mol. The predicted octanol–water partition coefficient (Wildman–Crippen LogP) is 2.70. The maximum absolute atomic E-state index is 12.3. The van der Waals surface area contributed by atoms with Gasteiger partial charge in [-0.05, 0) is 43.3 Å². The second kappa shape index (κ2) is 7.26. The Bertz CT molecular complexity index is 666. The van der Waals surface area contributed by atoms with E-state index in [1.807, 2.05) is 6.92 Å². The fraction of sp³-hybridized carbons (Fsp3) is 0.176. The van der Waals surface area contributed by atoms with Crippen LogP contribution in [0.1, 0.15) is 27.6 Å². The van der Waals surface area contributed by atoms with E-state index in [1.165, 1.54) is 0 Å². The van der Waals surface area contributed by atoms with Crippen molar-refractivity contribution in [3.8, 4) is 5.75 Å². The third-order valence-electron chi connectivity index (χ3n) is 3.07. The molecule has 0 spiro atoms. The van der Waals surface area contributed by atoms with Gasteiger partial charge in [0.2, 0.25) is 0 Å². The number of ether oxygens (including phenoxy) is 1. The number of nitrogens with one attached hydrogen (secondary N) is 2. The molecule has 0 saturated carbocycles. The third-order valence-corrected chi connectivity index (χ3v) is 3.07. The maximum atomic E-state index is 12.3. The summed E-state index contributed by atoms with van der Waals surface area (Å²) in [7, 11) is 1.55.